The van der Waals surface area contributed by atoms with E-state index in [0.717, 1.165) is 0 Å². The SMILES string of the molecule is CCC.CCC(=O)COc1ccc(OCC(=O)CC)cc1. The first kappa shape index (κ1) is 19.2. The van der Waals surface area contributed by atoms with Crippen molar-refractivity contribution in [2.45, 2.75) is 47.0 Å². The molecular formula is C17H26O4. The standard InChI is InChI=1S/C14H18O4.C3H8/c1-3-11(15)9-17-13-5-7-14(8-6-13)18-10-12(16)4-2;1-3-2/h5-8H,3-4,9-10H2,1-2H3;3H2,1-2H3. The maximum absolute atomic E-state index is 11.1. The number of benzene rings is 1. The second kappa shape index (κ2) is 11.9. The summed E-state index contributed by atoms with van der Waals surface area (Å²) in [5, 5.41) is 0. The zero-order valence-corrected chi connectivity index (χ0v) is 13.5. The third-order valence-electron chi connectivity index (χ3n) is 2.41. The van der Waals surface area contributed by atoms with Crippen molar-refractivity contribution in [2.75, 3.05) is 13.2 Å². The molecule has 0 aromatic heterocycles. The molecule has 4 nitrogen and oxygen atoms in total. The van der Waals surface area contributed by atoms with Crippen LogP contribution in [0.5, 0.6) is 11.5 Å². The van der Waals surface area contributed by atoms with E-state index in [-0.39, 0.29) is 24.8 Å². The highest BCUT2D eigenvalue weighted by atomic mass is 16.5. The summed E-state index contributed by atoms with van der Waals surface area (Å²) in [6, 6.07) is 6.87. The molecule has 0 radical (unpaired) electrons. The highest BCUT2D eigenvalue weighted by molar-refractivity contribution is 5.80. The summed E-state index contributed by atoms with van der Waals surface area (Å²) in [5.41, 5.74) is 0. The van der Waals surface area contributed by atoms with Crippen LogP contribution in [0.4, 0.5) is 0 Å². The highest BCUT2D eigenvalue weighted by Gasteiger charge is 2.02. The molecule has 1 aromatic rings. The lowest BCUT2D eigenvalue weighted by molar-refractivity contribution is -0.121. The molecule has 0 aliphatic carbocycles. The predicted octanol–water partition coefficient (Wildman–Crippen LogP) is 3.82. The second-order valence-corrected chi connectivity index (χ2v) is 4.54. The molecule has 1 rings (SSSR count). The molecule has 4 heteroatoms. The monoisotopic (exact) mass is 294 g/mol. The van der Waals surface area contributed by atoms with Gasteiger partial charge < -0.3 is 9.47 Å². The summed E-state index contributed by atoms with van der Waals surface area (Å²) < 4.78 is 10.6. The Labute approximate surface area is 127 Å². The Morgan fingerprint density at radius 3 is 1.29 bits per heavy atom. The van der Waals surface area contributed by atoms with Crippen LogP contribution in [0.25, 0.3) is 0 Å². The van der Waals surface area contributed by atoms with E-state index in [1.165, 1.54) is 6.42 Å². The molecule has 118 valence electrons. The van der Waals surface area contributed by atoms with Crippen LogP contribution < -0.4 is 9.47 Å². The van der Waals surface area contributed by atoms with Gasteiger partial charge in [-0.1, -0.05) is 34.1 Å². The Morgan fingerprint density at radius 2 is 1.05 bits per heavy atom. The minimum Gasteiger partial charge on any atom is -0.486 e. The van der Waals surface area contributed by atoms with Crippen molar-refractivity contribution in [3.05, 3.63) is 24.3 Å². The first-order valence-electron chi connectivity index (χ1n) is 7.46. The molecule has 0 saturated heterocycles. The lowest BCUT2D eigenvalue weighted by Crippen LogP contribution is -2.10. The Hall–Kier alpha value is -1.84. The average Bonchev–Trinajstić information content (AvgIpc) is 2.51. The van der Waals surface area contributed by atoms with Gasteiger partial charge in [-0.15, -0.1) is 0 Å². The van der Waals surface area contributed by atoms with E-state index in [0.29, 0.717) is 24.3 Å². The van der Waals surface area contributed by atoms with Gasteiger partial charge in [0.15, 0.2) is 11.6 Å². The van der Waals surface area contributed by atoms with Gasteiger partial charge in [0.1, 0.15) is 24.7 Å². The van der Waals surface area contributed by atoms with Gasteiger partial charge in [0, 0.05) is 12.8 Å². The molecule has 0 amide bonds. The van der Waals surface area contributed by atoms with Gasteiger partial charge >= 0.3 is 0 Å². The maximum atomic E-state index is 11.1. The Balaban J connectivity index is 0.00000122. The van der Waals surface area contributed by atoms with E-state index in [4.69, 9.17) is 9.47 Å². The molecule has 0 aliphatic heterocycles. The fourth-order valence-corrected chi connectivity index (χ4v) is 1.16. The van der Waals surface area contributed by atoms with Crippen molar-refractivity contribution < 1.29 is 19.1 Å². The molecule has 0 fully saturated rings. The fourth-order valence-electron chi connectivity index (χ4n) is 1.16. The topological polar surface area (TPSA) is 52.6 Å². The molecule has 0 heterocycles. The number of hydrogen-bond acceptors (Lipinski definition) is 4. The molecule has 21 heavy (non-hydrogen) atoms. The summed E-state index contributed by atoms with van der Waals surface area (Å²) in [7, 11) is 0. The van der Waals surface area contributed by atoms with Gasteiger partial charge in [0.25, 0.3) is 0 Å². The molecule has 0 spiro atoms. The van der Waals surface area contributed by atoms with Crippen LogP contribution in [0.3, 0.4) is 0 Å². The Morgan fingerprint density at radius 1 is 0.762 bits per heavy atom. The zero-order chi connectivity index (χ0) is 16.1. The summed E-state index contributed by atoms with van der Waals surface area (Å²) >= 11 is 0. The number of hydrogen-bond donors (Lipinski definition) is 0. The van der Waals surface area contributed by atoms with E-state index < -0.39 is 0 Å². The van der Waals surface area contributed by atoms with Gasteiger partial charge in [-0.05, 0) is 24.3 Å². The molecule has 0 aliphatic rings. The van der Waals surface area contributed by atoms with Gasteiger partial charge in [0.05, 0.1) is 0 Å². The van der Waals surface area contributed by atoms with Crippen molar-refractivity contribution in [3.63, 3.8) is 0 Å². The number of rotatable bonds is 8. The molecule has 0 atom stereocenters. The van der Waals surface area contributed by atoms with Crippen molar-refractivity contribution in [3.8, 4) is 11.5 Å². The zero-order valence-electron chi connectivity index (χ0n) is 13.5. The summed E-state index contributed by atoms with van der Waals surface area (Å²) in [5.74, 6) is 1.35. The van der Waals surface area contributed by atoms with Crippen molar-refractivity contribution in [2.24, 2.45) is 0 Å². The van der Waals surface area contributed by atoms with Crippen molar-refractivity contribution >= 4 is 11.6 Å². The van der Waals surface area contributed by atoms with E-state index >= 15 is 0 Å². The minimum absolute atomic E-state index is 0.0591. The minimum atomic E-state index is 0.0591. The first-order chi connectivity index (χ1) is 10.1. The number of carbonyl (C=O) groups is 2. The van der Waals surface area contributed by atoms with Gasteiger partial charge in [-0.2, -0.15) is 0 Å². The number of carbonyl (C=O) groups excluding carboxylic acids is 2. The number of Topliss-reactive ketones (excluding diaryl/α,β-unsaturated/α-hetero) is 2. The number of ether oxygens (including phenoxy) is 2. The lowest BCUT2D eigenvalue weighted by Gasteiger charge is -2.07. The molecule has 0 bridgehead atoms. The summed E-state index contributed by atoms with van der Waals surface area (Å²) in [6.45, 7) is 8.02. The van der Waals surface area contributed by atoms with Crippen LogP contribution in [-0.2, 0) is 9.59 Å². The van der Waals surface area contributed by atoms with Crippen LogP contribution in [0, 0.1) is 0 Å². The maximum Gasteiger partial charge on any atom is 0.169 e. The third-order valence-corrected chi connectivity index (χ3v) is 2.41. The molecule has 0 unspecified atom stereocenters. The van der Waals surface area contributed by atoms with Crippen LogP contribution >= 0.6 is 0 Å². The quantitative estimate of drug-likeness (QED) is 0.731. The summed E-state index contributed by atoms with van der Waals surface area (Å²) in [4.78, 5) is 22.2. The Bertz CT molecular complexity index is 370. The smallest absolute Gasteiger partial charge is 0.169 e. The number of ketones is 2. The normalized spacial score (nSPS) is 9.33. The highest BCUT2D eigenvalue weighted by Crippen LogP contribution is 2.17. The molecule has 1 aromatic carbocycles. The van der Waals surface area contributed by atoms with Crippen molar-refractivity contribution in [1.29, 1.82) is 0 Å². The van der Waals surface area contributed by atoms with Crippen LogP contribution in [0.2, 0.25) is 0 Å². The largest absolute Gasteiger partial charge is 0.486 e. The van der Waals surface area contributed by atoms with Crippen LogP contribution in [-0.4, -0.2) is 24.8 Å². The van der Waals surface area contributed by atoms with E-state index in [9.17, 15) is 9.59 Å². The second-order valence-electron chi connectivity index (χ2n) is 4.54. The first-order valence-corrected chi connectivity index (χ1v) is 7.46. The van der Waals surface area contributed by atoms with Gasteiger partial charge in [0.2, 0.25) is 0 Å². The average molecular weight is 294 g/mol. The van der Waals surface area contributed by atoms with E-state index in [1.807, 2.05) is 0 Å². The molecular weight excluding hydrogens is 268 g/mol. The molecule has 0 N–H and O–H groups in total. The summed E-state index contributed by atoms with van der Waals surface area (Å²) in [6.07, 6.45) is 2.20. The van der Waals surface area contributed by atoms with Crippen LogP contribution in [0.15, 0.2) is 24.3 Å². The van der Waals surface area contributed by atoms with E-state index in [2.05, 4.69) is 13.8 Å². The third kappa shape index (κ3) is 9.66. The van der Waals surface area contributed by atoms with E-state index in [1.54, 1.807) is 38.1 Å². The van der Waals surface area contributed by atoms with Gasteiger partial charge in [-0.25, -0.2) is 0 Å². The van der Waals surface area contributed by atoms with Gasteiger partial charge in [-0.3, -0.25) is 9.59 Å². The van der Waals surface area contributed by atoms with Crippen LogP contribution in [0.1, 0.15) is 47.0 Å². The fraction of sp³-hybridized carbons (Fsp3) is 0.529. The lowest BCUT2D eigenvalue weighted by atomic mass is 10.3. The van der Waals surface area contributed by atoms with Crippen molar-refractivity contribution in [1.82, 2.24) is 0 Å². The predicted molar refractivity (Wildman–Crippen MR) is 84.0 cm³/mol. The Kier molecular flexibility index (Phi) is 10.9. The molecule has 0 saturated carbocycles.